The Bertz CT molecular complexity index is 319. The van der Waals surface area contributed by atoms with E-state index in [0.29, 0.717) is 12.0 Å². The van der Waals surface area contributed by atoms with Crippen molar-refractivity contribution in [1.82, 2.24) is 10.2 Å². The van der Waals surface area contributed by atoms with Crippen molar-refractivity contribution in [2.24, 2.45) is 5.92 Å². The van der Waals surface area contributed by atoms with Gasteiger partial charge in [-0.15, -0.1) is 0 Å². The van der Waals surface area contributed by atoms with Gasteiger partial charge in [-0.2, -0.15) is 0 Å². The zero-order valence-corrected chi connectivity index (χ0v) is 12.0. The molecular formula is C14H23ClN2. The second-order valence-electron chi connectivity index (χ2n) is 5.12. The Hall–Kier alpha value is -0.570. The van der Waals surface area contributed by atoms with Gasteiger partial charge >= 0.3 is 0 Å². The zero-order chi connectivity index (χ0) is 12.8. The quantitative estimate of drug-likeness (QED) is 0.840. The minimum atomic E-state index is 0.515. The van der Waals surface area contributed by atoms with Crippen molar-refractivity contribution in [2.45, 2.75) is 26.4 Å². The van der Waals surface area contributed by atoms with E-state index in [1.54, 1.807) is 0 Å². The molecule has 1 N–H and O–H groups in total. The first-order valence-electron chi connectivity index (χ1n) is 6.11. The molecule has 1 unspecified atom stereocenters. The molecule has 96 valence electrons. The van der Waals surface area contributed by atoms with Gasteiger partial charge in [-0.3, -0.25) is 0 Å². The average Bonchev–Trinajstić information content (AvgIpc) is 2.25. The van der Waals surface area contributed by atoms with Gasteiger partial charge < -0.3 is 10.2 Å². The molecule has 2 nitrogen and oxygen atoms in total. The Morgan fingerprint density at radius 3 is 2.24 bits per heavy atom. The molecule has 3 heteroatoms. The topological polar surface area (TPSA) is 15.3 Å². The van der Waals surface area contributed by atoms with Gasteiger partial charge in [0, 0.05) is 24.2 Å². The molecule has 0 spiro atoms. The zero-order valence-electron chi connectivity index (χ0n) is 11.2. The highest BCUT2D eigenvalue weighted by molar-refractivity contribution is 6.30. The number of benzene rings is 1. The third-order valence-electron chi connectivity index (χ3n) is 2.85. The minimum absolute atomic E-state index is 0.515. The number of hydrogen-bond donors (Lipinski definition) is 1. The van der Waals surface area contributed by atoms with E-state index in [-0.39, 0.29) is 0 Å². The van der Waals surface area contributed by atoms with Crippen LogP contribution in [-0.4, -0.2) is 31.6 Å². The first-order valence-corrected chi connectivity index (χ1v) is 6.49. The Morgan fingerprint density at radius 1 is 1.18 bits per heavy atom. The third-order valence-corrected chi connectivity index (χ3v) is 3.10. The fourth-order valence-electron chi connectivity index (χ4n) is 1.76. The van der Waals surface area contributed by atoms with E-state index in [4.69, 9.17) is 11.6 Å². The van der Waals surface area contributed by atoms with Crippen LogP contribution in [0.15, 0.2) is 24.3 Å². The Labute approximate surface area is 110 Å². The van der Waals surface area contributed by atoms with E-state index in [1.165, 1.54) is 5.56 Å². The normalized spacial score (nSPS) is 13.4. The van der Waals surface area contributed by atoms with Crippen molar-refractivity contribution in [1.29, 1.82) is 0 Å². The van der Waals surface area contributed by atoms with Crippen LogP contribution in [0.3, 0.4) is 0 Å². The lowest BCUT2D eigenvalue weighted by molar-refractivity contribution is 0.288. The van der Waals surface area contributed by atoms with Crippen LogP contribution in [0.5, 0.6) is 0 Å². The number of nitrogens with zero attached hydrogens (tertiary/aromatic N) is 1. The summed E-state index contributed by atoms with van der Waals surface area (Å²) in [5.41, 5.74) is 1.28. The number of halogens is 1. The highest BCUT2D eigenvalue weighted by Gasteiger charge is 2.13. The number of likely N-dealkylation sites (N-methyl/N-ethyl adjacent to an activating group) is 1. The van der Waals surface area contributed by atoms with Crippen molar-refractivity contribution in [3.05, 3.63) is 34.9 Å². The number of nitrogens with one attached hydrogen (secondary N) is 1. The van der Waals surface area contributed by atoms with Crippen LogP contribution in [0.25, 0.3) is 0 Å². The summed E-state index contributed by atoms with van der Waals surface area (Å²) in [7, 11) is 4.22. The molecule has 0 fully saturated rings. The second-order valence-corrected chi connectivity index (χ2v) is 5.56. The Kier molecular flexibility index (Phi) is 5.96. The molecular weight excluding hydrogens is 232 g/mol. The monoisotopic (exact) mass is 254 g/mol. The van der Waals surface area contributed by atoms with Crippen molar-refractivity contribution in [3.8, 4) is 0 Å². The van der Waals surface area contributed by atoms with E-state index in [0.717, 1.165) is 18.1 Å². The summed E-state index contributed by atoms with van der Waals surface area (Å²) >= 11 is 5.87. The van der Waals surface area contributed by atoms with Gasteiger partial charge in [-0.25, -0.2) is 0 Å². The average molecular weight is 255 g/mol. The summed E-state index contributed by atoms with van der Waals surface area (Å²) in [6.07, 6.45) is 0. The molecule has 0 radical (unpaired) electrons. The SMILES string of the molecule is CC(C)C(CN(C)C)NCc1ccc(Cl)cc1. The van der Waals surface area contributed by atoms with Crippen LogP contribution in [0.4, 0.5) is 0 Å². The van der Waals surface area contributed by atoms with Crippen molar-refractivity contribution in [3.63, 3.8) is 0 Å². The van der Waals surface area contributed by atoms with Crippen LogP contribution < -0.4 is 5.32 Å². The summed E-state index contributed by atoms with van der Waals surface area (Å²) in [5, 5.41) is 4.40. The van der Waals surface area contributed by atoms with Gasteiger partial charge in [0.2, 0.25) is 0 Å². The summed E-state index contributed by atoms with van der Waals surface area (Å²) in [4.78, 5) is 2.22. The first kappa shape index (κ1) is 14.5. The maximum atomic E-state index is 5.87. The molecule has 0 aromatic heterocycles. The fourth-order valence-corrected chi connectivity index (χ4v) is 1.88. The van der Waals surface area contributed by atoms with Crippen LogP contribution >= 0.6 is 11.6 Å². The fraction of sp³-hybridized carbons (Fsp3) is 0.571. The standard InChI is InChI=1S/C14H23ClN2/c1-11(2)14(10-17(3)4)16-9-12-5-7-13(15)8-6-12/h5-8,11,14,16H,9-10H2,1-4H3. The molecule has 1 aromatic carbocycles. The maximum absolute atomic E-state index is 5.87. The molecule has 0 aliphatic carbocycles. The molecule has 1 rings (SSSR count). The lowest BCUT2D eigenvalue weighted by Gasteiger charge is -2.25. The second kappa shape index (κ2) is 7.00. The molecule has 0 bridgehead atoms. The number of rotatable bonds is 6. The smallest absolute Gasteiger partial charge is 0.0406 e. The van der Waals surface area contributed by atoms with E-state index >= 15 is 0 Å². The molecule has 0 amide bonds. The van der Waals surface area contributed by atoms with E-state index in [1.807, 2.05) is 12.1 Å². The van der Waals surface area contributed by atoms with Crippen LogP contribution in [0, 0.1) is 5.92 Å². The molecule has 17 heavy (non-hydrogen) atoms. The van der Waals surface area contributed by atoms with Crippen molar-refractivity contribution in [2.75, 3.05) is 20.6 Å². The van der Waals surface area contributed by atoms with Crippen LogP contribution in [0.1, 0.15) is 19.4 Å². The predicted molar refractivity (Wildman–Crippen MR) is 75.5 cm³/mol. The van der Waals surface area contributed by atoms with Gasteiger partial charge in [0.05, 0.1) is 0 Å². The molecule has 0 saturated carbocycles. The Morgan fingerprint density at radius 2 is 1.76 bits per heavy atom. The molecule has 1 aromatic rings. The predicted octanol–water partition coefficient (Wildman–Crippen LogP) is 3.02. The van der Waals surface area contributed by atoms with E-state index in [2.05, 4.69) is 50.3 Å². The van der Waals surface area contributed by atoms with Gasteiger partial charge in [-0.05, 0) is 37.7 Å². The van der Waals surface area contributed by atoms with Crippen LogP contribution in [-0.2, 0) is 6.54 Å². The summed E-state index contributed by atoms with van der Waals surface area (Å²) in [6.45, 7) is 6.46. The Balaban J connectivity index is 2.48. The molecule has 0 aliphatic rings. The largest absolute Gasteiger partial charge is 0.308 e. The highest BCUT2D eigenvalue weighted by atomic mass is 35.5. The third kappa shape index (κ3) is 5.53. The van der Waals surface area contributed by atoms with Gasteiger partial charge in [0.25, 0.3) is 0 Å². The van der Waals surface area contributed by atoms with Gasteiger partial charge in [-0.1, -0.05) is 37.6 Å². The summed E-state index contributed by atoms with van der Waals surface area (Å²) < 4.78 is 0. The van der Waals surface area contributed by atoms with Gasteiger partial charge in [0.15, 0.2) is 0 Å². The van der Waals surface area contributed by atoms with E-state index < -0.39 is 0 Å². The number of hydrogen-bond acceptors (Lipinski definition) is 2. The maximum Gasteiger partial charge on any atom is 0.0406 e. The molecule has 0 heterocycles. The first-order chi connectivity index (χ1) is 7.99. The minimum Gasteiger partial charge on any atom is -0.308 e. The van der Waals surface area contributed by atoms with Gasteiger partial charge in [0.1, 0.15) is 0 Å². The lowest BCUT2D eigenvalue weighted by Crippen LogP contribution is -2.41. The molecule has 1 atom stereocenters. The molecule has 0 aliphatic heterocycles. The lowest BCUT2D eigenvalue weighted by atomic mass is 10.0. The summed E-state index contributed by atoms with van der Waals surface area (Å²) in [5.74, 6) is 0.629. The van der Waals surface area contributed by atoms with Crippen LogP contribution in [0.2, 0.25) is 5.02 Å². The van der Waals surface area contributed by atoms with Crippen molar-refractivity contribution >= 4 is 11.6 Å². The van der Waals surface area contributed by atoms with E-state index in [9.17, 15) is 0 Å². The highest BCUT2D eigenvalue weighted by Crippen LogP contribution is 2.10. The summed E-state index contributed by atoms with van der Waals surface area (Å²) in [6, 6.07) is 8.54. The van der Waals surface area contributed by atoms with Crippen molar-refractivity contribution < 1.29 is 0 Å². The molecule has 0 saturated heterocycles.